The summed E-state index contributed by atoms with van der Waals surface area (Å²) in [6.45, 7) is 0. The van der Waals surface area contributed by atoms with E-state index in [0.717, 1.165) is 18.2 Å². The molecule has 0 spiro atoms. The molecule has 0 fully saturated rings. The number of nitro benzene ring substituents is 1. The maximum Gasteiger partial charge on any atom is 0.281 e. The van der Waals surface area contributed by atoms with E-state index in [1.807, 2.05) is 0 Å². The first-order valence-electron chi connectivity index (χ1n) is 8.17. The quantitative estimate of drug-likeness (QED) is 0.368. The van der Waals surface area contributed by atoms with Gasteiger partial charge in [-0.05, 0) is 24.3 Å². The van der Waals surface area contributed by atoms with Crippen LogP contribution in [0.15, 0.2) is 54.6 Å². The largest absolute Gasteiger partial charge is 0.508 e. The molecule has 0 saturated heterocycles. The first-order valence-corrected chi connectivity index (χ1v) is 8.17. The van der Waals surface area contributed by atoms with Crippen LogP contribution in [0.5, 0.6) is 11.5 Å². The molecule has 3 aromatic carbocycles. The van der Waals surface area contributed by atoms with Crippen LogP contribution < -0.4 is 5.32 Å². The summed E-state index contributed by atoms with van der Waals surface area (Å²) >= 11 is 0. The van der Waals surface area contributed by atoms with Gasteiger partial charge in [0.05, 0.1) is 21.7 Å². The summed E-state index contributed by atoms with van der Waals surface area (Å²) in [7, 11) is 0. The average molecular weight is 376 g/mol. The third kappa shape index (κ3) is 2.55. The maximum atomic E-state index is 13.1. The molecule has 28 heavy (non-hydrogen) atoms. The number of hydrogen-bond acceptors (Lipinski definition) is 7. The number of benzene rings is 3. The normalized spacial score (nSPS) is 12.3. The minimum absolute atomic E-state index is 0.0741. The summed E-state index contributed by atoms with van der Waals surface area (Å²) in [5, 5.41) is 34.5. The molecule has 4 rings (SSSR count). The zero-order valence-corrected chi connectivity index (χ0v) is 14.2. The van der Waals surface area contributed by atoms with E-state index >= 15 is 0 Å². The standard InChI is InChI=1S/C20H12N2O6/c23-11-8-12-16(13(9-11)21-10-4-2-1-3-5-10)20(26)18-15(24)7-6-14(22(27)28)17(18)19(12)25/h1-9,21,23-24H. The number of ketones is 2. The summed E-state index contributed by atoms with van der Waals surface area (Å²) in [4.78, 5) is 36.6. The minimum Gasteiger partial charge on any atom is -0.508 e. The van der Waals surface area contributed by atoms with Crippen molar-refractivity contribution in [2.24, 2.45) is 0 Å². The molecule has 1 aliphatic rings. The summed E-state index contributed by atoms with van der Waals surface area (Å²) in [6.07, 6.45) is 0. The van der Waals surface area contributed by atoms with Crippen LogP contribution in [0.2, 0.25) is 0 Å². The van der Waals surface area contributed by atoms with Crippen LogP contribution in [0.25, 0.3) is 0 Å². The topological polar surface area (TPSA) is 130 Å². The number of para-hydroxylation sites is 1. The highest BCUT2D eigenvalue weighted by atomic mass is 16.6. The van der Waals surface area contributed by atoms with Crippen molar-refractivity contribution >= 4 is 28.6 Å². The van der Waals surface area contributed by atoms with Gasteiger partial charge in [-0.1, -0.05) is 18.2 Å². The molecule has 8 heteroatoms. The monoisotopic (exact) mass is 376 g/mol. The van der Waals surface area contributed by atoms with Gasteiger partial charge >= 0.3 is 0 Å². The van der Waals surface area contributed by atoms with E-state index < -0.39 is 39.1 Å². The molecule has 0 saturated carbocycles. The van der Waals surface area contributed by atoms with Gasteiger partial charge in [-0.2, -0.15) is 0 Å². The molecular formula is C20H12N2O6. The molecule has 138 valence electrons. The lowest BCUT2D eigenvalue weighted by Crippen LogP contribution is -2.23. The molecule has 3 N–H and O–H groups in total. The zero-order chi connectivity index (χ0) is 20.0. The number of nitro groups is 1. The Bertz CT molecular complexity index is 1170. The summed E-state index contributed by atoms with van der Waals surface area (Å²) in [5.41, 5.74) is -0.995. The zero-order valence-electron chi connectivity index (χ0n) is 14.2. The summed E-state index contributed by atoms with van der Waals surface area (Å²) < 4.78 is 0. The number of phenolic OH excluding ortho intramolecular Hbond substituents is 2. The Morgan fingerprint density at radius 1 is 0.857 bits per heavy atom. The second-order valence-corrected chi connectivity index (χ2v) is 6.18. The average Bonchev–Trinajstić information content (AvgIpc) is 2.66. The van der Waals surface area contributed by atoms with E-state index in [2.05, 4.69) is 5.32 Å². The van der Waals surface area contributed by atoms with Crippen molar-refractivity contribution in [3.63, 3.8) is 0 Å². The van der Waals surface area contributed by atoms with Crippen molar-refractivity contribution in [1.29, 1.82) is 0 Å². The third-order valence-electron chi connectivity index (χ3n) is 4.46. The number of hydrogen-bond donors (Lipinski definition) is 3. The van der Waals surface area contributed by atoms with E-state index in [1.165, 1.54) is 6.07 Å². The highest BCUT2D eigenvalue weighted by Gasteiger charge is 2.39. The fourth-order valence-electron chi connectivity index (χ4n) is 3.28. The van der Waals surface area contributed by atoms with Gasteiger partial charge in [0.1, 0.15) is 17.1 Å². The second-order valence-electron chi connectivity index (χ2n) is 6.18. The van der Waals surface area contributed by atoms with Crippen molar-refractivity contribution in [3.8, 4) is 11.5 Å². The Hall–Kier alpha value is -4.20. The Labute approximate surface area is 157 Å². The van der Waals surface area contributed by atoms with E-state index in [-0.39, 0.29) is 22.6 Å². The van der Waals surface area contributed by atoms with Gasteiger partial charge in [0.25, 0.3) is 5.69 Å². The molecule has 0 atom stereocenters. The Morgan fingerprint density at radius 2 is 1.57 bits per heavy atom. The van der Waals surface area contributed by atoms with Gasteiger partial charge in [-0.3, -0.25) is 19.7 Å². The number of carbonyl (C=O) groups is 2. The molecule has 0 amide bonds. The van der Waals surface area contributed by atoms with Crippen molar-refractivity contribution < 1.29 is 24.7 Å². The molecule has 0 unspecified atom stereocenters. The fraction of sp³-hybridized carbons (Fsp3) is 0. The Morgan fingerprint density at radius 3 is 2.25 bits per heavy atom. The lowest BCUT2D eigenvalue weighted by atomic mass is 9.81. The highest BCUT2D eigenvalue weighted by Crippen LogP contribution is 2.42. The van der Waals surface area contributed by atoms with Crippen LogP contribution in [0.3, 0.4) is 0 Å². The van der Waals surface area contributed by atoms with Crippen LogP contribution in [-0.2, 0) is 0 Å². The molecule has 0 aromatic heterocycles. The minimum atomic E-state index is -0.820. The van der Waals surface area contributed by atoms with Gasteiger partial charge in [-0.25, -0.2) is 0 Å². The smallest absolute Gasteiger partial charge is 0.281 e. The maximum absolute atomic E-state index is 13.1. The van der Waals surface area contributed by atoms with Crippen molar-refractivity contribution in [3.05, 3.63) is 87.0 Å². The van der Waals surface area contributed by atoms with Crippen molar-refractivity contribution in [1.82, 2.24) is 0 Å². The van der Waals surface area contributed by atoms with Gasteiger partial charge < -0.3 is 15.5 Å². The van der Waals surface area contributed by atoms with Gasteiger partial charge in [0, 0.05) is 23.4 Å². The van der Waals surface area contributed by atoms with E-state index in [1.54, 1.807) is 30.3 Å². The first kappa shape index (κ1) is 17.2. The lowest BCUT2D eigenvalue weighted by molar-refractivity contribution is -0.385. The van der Waals surface area contributed by atoms with Crippen LogP contribution >= 0.6 is 0 Å². The number of fused-ring (bicyclic) bond motifs is 2. The lowest BCUT2D eigenvalue weighted by Gasteiger charge is -2.21. The van der Waals surface area contributed by atoms with Crippen molar-refractivity contribution in [2.75, 3.05) is 5.32 Å². The highest BCUT2D eigenvalue weighted by molar-refractivity contribution is 6.32. The molecule has 8 nitrogen and oxygen atoms in total. The Balaban J connectivity index is 1.97. The number of carbonyl (C=O) groups excluding carboxylic acids is 2. The molecule has 0 bridgehead atoms. The first-order chi connectivity index (χ1) is 13.4. The number of aromatic hydroxyl groups is 2. The van der Waals surface area contributed by atoms with E-state index in [0.29, 0.717) is 5.69 Å². The number of phenols is 2. The Kier molecular flexibility index (Phi) is 3.82. The van der Waals surface area contributed by atoms with Crippen molar-refractivity contribution in [2.45, 2.75) is 0 Å². The number of nitrogens with one attached hydrogen (secondary N) is 1. The van der Waals surface area contributed by atoms with E-state index in [9.17, 15) is 29.9 Å². The second kappa shape index (κ2) is 6.20. The summed E-state index contributed by atoms with van der Waals surface area (Å²) in [6, 6.07) is 13.1. The molecule has 3 aromatic rings. The summed E-state index contributed by atoms with van der Waals surface area (Å²) in [5.74, 6) is -2.38. The number of rotatable bonds is 3. The van der Waals surface area contributed by atoms with Crippen LogP contribution in [-0.4, -0.2) is 26.7 Å². The van der Waals surface area contributed by atoms with Crippen LogP contribution in [0.1, 0.15) is 31.8 Å². The van der Waals surface area contributed by atoms with Crippen LogP contribution in [0.4, 0.5) is 17.1 Å². The number of nitrogens with zero attached hydrogens (tertiary/aromatic N) is 1. The predicted octanol–water partition coefficient (Wildman–Crippen LogP) is 3.53. The molecule has 0 aliphatic heterocycles. The molecule has 0 heterocycles. The van der Waals surface area contributed by atoms with Gasteiger partial charge in [0.2, 0.25) is 11.6 Å². The predicted molar refractivity (Wildman–Crippen MR) is 99.5 cm³/mol. The van der Waals surface area contributed by atoms with Gasteiger partial charge in [-0.15, -0.1) is 0 Å². The number of anilines is 2. The van der Waals surface area contributed by atoms with Gasteiger partial charge in [0.15, 0.2) is 0 Å². The fourth-order valence-corrected chi connectivity index (χ4v) is 3.28. The SMILES string of the molecule is O=C1c2c(Nc3ccccc3)cc(O)cc2C(=O)c2c([N+](=O)[O-])ccc(O)c21. The van der Waals surface area contributed by atoms with Crippen LogP contribution in [0, 0.1) is 10.1 Å². The molecule has 1 aliphatic carbocycles. The van der Waals surface area contributed by atoms with E-state index in [4.69, 9.17) is 0 Å². The molecule has 0 radical (unpaired) electrons. The molecular weight excluding hydrogens is 364 g/mol. The third-order valence-corrected chi connectivity index (χ3v) is 4.46.